The zero-order valence-corrected chi connectivity index (χ0v) is 14.2. The lowest BCUT2D eigenvalue weighted by molar-refractivity contribution is 0.203. The minimum Gasteiger partial charge on any atom is -0.396 e. The Hall–Kier alpha value is -2.34. The number of anilines is 1. The largest absolute Gasteiger partial charge is 0.396 e. The molecule has 1 saturated heterocycles. The van der Waals surface area contributed by atoms with E-state index in [1.807, 2.05) is 41.8 Å². The Morgan fingerprint density at radius 1 is 1.21 bits per heavy atom. The van der Waals surface area contributed by atoms with Gasteiger partial charge >= 0.3 is 0 Å². The molecular formula is C18H23N5O. The van der Waals surface area contributed by atoms with Gasteiger partial charge in [-0.1, -0.05) is 0 Å². The molecule has 4 rings (SSSR count). The van der Waals surface area contributed by atoms with Crippen LogP contribution in [0.4, 0.5) is 5.69 Å². The number of aryl methyl sites for hydroxylation is 2. The molecule has 2 aromatic heterocycles. The smallest absolute Gasteiger partial charge is 0.0887 e. The third-order valence-electron chi connectivity index (χ3n) is 5.10. The highest BCUT2D eigenvalue weighted by Gasteiger charge is 2.22. The van der Waals surface area contributed by atoms with E-state index in [1.54, 1.807) is 0 Å². The Balaban J connectivity index is 1.83. The van der Waals surface area contributed by atoms with Gasteiger partial charge in [-0.05, 0) is 43.9 Å². The third-order valence-corrected chi connectivity index (χ3v) is 5.10. The number of aromatic nitrogens is 4. The van der Waals surface area contributed by atoms with Crippen LogP contribution in [0.15, 0.2) is 30.6 Å². The summed E-state index contributed by atoms with van der Waals surface area (Å²) in [6, 6.07) is 6.37. The molecule has 0 spiro atoms. The predicted molar refractivity (Wildman–Crippen MR) is 94.6 cm³/mol. The van der Waals surface area contributed by atoms with Crippen LogP contribution in [0, 0.1) is 12.8 Å². The molecule has 1 aliphatic rings. The van der Waals surface area contributed by atoms with E-state index in [9.17, 15) is 5.11 Å². The predicted octanol–water partition coefficient (Wildman–Crippen LogP) is 2.28. The van der Waals surface area contributed by atoms with Crippen molar-refractivity contribution in [2.75, 3.05) is 24.6 Å². The Morgan fingerprint density at radius 3 is 2.67 bits per heavy atom. The molecule has 1 aromatic carbocycles. The third kappa shape index (κ3) is 2.47. The molecule has 0 saturated carbocycles. The number of piperidine rings is 1. The van der Waals surface area contributed by atoms with Crippen LogP contribution in [0.25, 0.3) is 16.6 Å². The Morgan fingerprint density at radius 2 is 2.00 bits per heavy atom. The molecule has 24 heavy (non-hydrogen) atoms. The second-order valence-corrected chi connectivity index (χ2v) is 6.63. The van der Waals surface area contributed by atoms with Crippen LogP contribution < -0.4 is 4.90 Å². The molecule has 1 N–H and O–H groups in total. The minimum absolute atomic E-state index is 0.291. The van der Waals surface area contributed by atoms with Crippen LogP contribution in [0.1, 0.15) is 18.5 Å². The SMILES string of the molecule is Cc1nn(C)c2cc(N3CCC(CO)CC3)c(-n3cccn3)cc12. The molecule has 0 atom stereocenters. The van der Waals surface area contributed by atoms with Crippen molar-refractivity contribution in [3.05, 3.63) is 36.3 Å². The second-order valence-electron chi connectivity index (χ2n) is 6.63. The van der Waals surface area contributed by atoms with Gasteiger partial charge in [-0.2, -0.15) is 10.2 Å². The quantitative estimate of drug-likeness (QED) is 0.802. The Bertz CT molecular complexity index is 844. The van der Waals surface area contributed by atoms with Crippen molar-refractivity contribution in [1.29, 1.82) is 0 Å². The highest BCUT2D eigenvalue weighted by Crippen LogP contribution is 2.33. The first-order chi connectivity index (χ1) is 11.7. The maximum Gasteiger partial charge on any atom is 0.0887 e. The van der Waals surface area contributed by atoms with Gasteiger partial charge in [0.1, 0.15) is 0 Å². The van der Waals surface area contributed by atoms with Crippen molar-refractivity contribution in [3.63, 3.8) is 0 Å². The molecule has 0 bridgehead atoms. The molecule has 126 valence electrons. The Labute approximate surface area is 141 Å². The summed E-state index contributed by atoms with van der Waals surface area (Å²) in [4.78, 5) is 2.41. The average Bonchev–Trinajstić information content (AvgIpc) is 3.23. The van der Waals surface area contributed by atoms with Gasteiger partial charge in [-0.25, -0.2) is 4.68 Å². The molecule has 0 unspecified atom stereocenters. The monoisotopic (exact) mass is 325 g/mol. The van der Waals surface area contributed by atoms with Gasteiger partial charge in [0.05, 0.1) is 22.6 Å². The number of aliphatic hydroxyl groups is 1. The number of benzene rings is 1. The van der Waals surface area contributed by atoms with Crippen molar-refractivity contribution in [3.8, 4) is 5.69 Å². The molecule has 1 aliphatic heterocycles. The number of aliphatic hydroxyl groups excluding tert-OH is 1. The van der Waals surface area contributed by atoms with Crippen LogP contribution >= 0.6 is 0 Å². The summed E-state index contributed by atoms with van der Waals surface area (Å²) in [5.41, 5.74) is 4.45. The summed E-state index contributed by atoms with van der Waals surface area (Å²) in [5, 5.41) is 19.6. The molecular weight excluding hydrogens is 302 g/mol. The molecule has 0 aliphatic carbocycles. The van der Waals surface area contributed by atoms with Gasteiger partial charge in [0.2, 0.25) is 0 Å². The van der Waals surface area contributed by atoms with E-state index in [0.29, 0.717) is 12.5 Å². The lowest BCUT2D eigenvalue weighted by Crippen LogP contribution is -2.35. The van der Waals surface area contributed by atoms with Gasteiger partial charge in [0, 0.05) is 44.5 Å². The number of rotatable bonds is 3. The van der Waals surface area contributed by atoms with E-state index in [2.05, 4.69) is 27.2 Å². The Kier molecular flexibility index (Phi) is 3.76. The van der Waals surface area contributed by atoms with Crippen LogP contribution in [-0.2, 0) is 7.05 Å². The van der Waals surface area contributed by atoms with Crippen LogP contribution in [0.2, 0.25) is 0 Å². The highest BCUT2D eigenvalue weighted by molar-refractivity contribution is 5.89. The minimum atomic E-state index is 0.291. The lowest BCUT2D eigenvalue weighted by atomic mass is 9.97. The topological polar surface area (TPSA) is 59.1 Å². The molecule has 6 nitrogen and oxygen atoms in total. The first-order valence-corrected chi connectivity index (χ1v) is 8.50. The summed E-state index contributed by atoms with van der Waals surface area (Å²) < 4.78 is 3.88. The zero-order valence-electron chi connectivity index (χ0n) is 14.2. The van der Waals surface area contributed by atoms with E-state index in [4.69, 9.17) is 0 Å². The summed E-state index contributed by atoms with van der Waals surface area (Å²) >= 11 is 0. The van der Waals surface area contributed by atoms with E-state index in [0.717, 1.165) is 48.2 Å². The first kappa shape index (κ1) is 15.2. The fraction of sp³-hybridized carbons (Fsp3) is 0.444. The van der Waals surface area contributed by atoms with Crippen molar-refractivity contribution in [2.24, 2.45) is 13.0 Å². The normalized spacial score (nSPS) is 16.2. The second kappa shape index (κ2) is 5.94. The van der Waals surface area contributed by atoms with Crippen molar-refractivity contribution in [1.82, 2.24) is 19.6 Å². The maximum absolute atomic E-state index is 9.39. The maximum atomic E-state index is 9.39. The van der Waals surface area contributed by atoms with Gasteiger partial charge in [0.25, 0.3) is 0 Å². The fourth-order valence-electron chi connectivity index (χ4n) is 3.66. The fourth-order valence-corrected chi connectivity index (χ4v) is 3.66. The van der Waals surface area contributed by atoms with E-state index in [-0.39, 0.29) is 0 Å². The number of hydrogen-bond acceptors (Lipinski definition) is 4. The van der Waals surface area contributed by atoms with Crippen molar-refractivity contribution in [2.45, 2.75) is 19.8 Å². The number of nitrogens with zero attached hydrogens (tertiary/aromatic N) is 5. The van der Waals surface area contributed by atoms with Crippen molar-refractivity contribution < 1.29 is 5.11 Å². The van der Waals surface area contributed by atoms with E-state index >= 15 is 0 Å². The molecule has 3 heterocycles. The highest BCUT2D eigenvalue weighted by atomic mass is 16.3. The number of hydrogen-bond donors (Lipinski definition) is 1. The van der Waals surface area contributed by atoms with Crippen molar-refractivity contribution >= 4 is 16.6 Å². The lowest BCUT2D eigenvalue weighted by Gasteiger charge is -2.34. The van der Waals surface area contributed by atoms with Gasteiger partial charge in [-0.15, -0.1) is 0 Å². The molecule has 6 heteroatoms. The summed E-state index contributed by atoms with van der Waals surface area (Å²) in [7, 11) is 1.99. The molecule has 1 fully saturated rings. The standard InChI is InChI=1S/C18H23N5O/c1-13-15-10-18(23-7-3-6-19-23)17(11-16(15)21(2)20-13)22-8-4-14(12-24)5-9-22/h3,6-7,10-11,14,24H,4-5,8-9,12H2,1-2H3. The summed E-state index contributed by atoms with van der Waals surface area (Å²) in [6.45, 7) is 4.26. The van der Waals surface area contributed by atoms with Crippen LogP contribution in [0.5, 0.6) is 0 Å². The van der Waals surface area contributed by atoms with Gasteiger partial charge in [-0.3, -0.25) is 4.68 Å². The zero-order chi connectivity index (χ0) is 16.7. The van der Waals surface area contributed by atoms with Gasteiger partial charge in [0.15, 0.2) is 0 Å². The van der Waals surface area contributed by atoms with Crippen LogP contribution in [-0.4, -0.2) is 44.4 Å². The molecule has 0 radical (unpaired) electrons. The molecule has 0 amide bonds. The molecule has 3 aromatic rings. The first-order valence-electron chi connectivity index (χ1n) is 8.50. The van der Waals surface area contributed by atoms with E-state index in [1.165, 1.54) is 5.69 Å². The van der Waals surface area contributed by atoms with Crippen LogP contribution in [0.3, 0.4) is 0 Å². The summed E-state index contributed by atoms with van der Waals surface area (Å²) in [6.07, 6.45) is 5.84. The van der Waals surface area contributed by atoms with E-state index < -0.39 is 0 Å². The van der Waals surface area contributed by atoms with Gasteiger partial charge < -0.3 is 10.0 Å². The number of fused-ring (bicyclic) bond motifs is 1. The average molecular weight is 325 g/mol. The summed E-state index contributed by atoms with van der Waals surface area (Å²) in [5.74, 6) is 0.428.